The molecule has 0 bridgehead atoms. The van der Waals surface area contributed by atoms with Crippen molar-refractivity contribution in [2.75, 3.05) is 0 Å². The van der Waals surface area contributed by atoms with Crippen LogP contribution in [0.15, 0.2) is 113 Å². The second-order valence-corrected chi connectivity index (χ2v) is 11.6. The predicted molar refractivity (Wildman–Crippen MR) is 173 cm³/mol. The lowest BCUT2D eigenvalue weighted by atomic mass is 10.0. The van der Waals surface area contributed by atoms with E-state index >= 15 is 0 Å². The van der Waals surface area contributed by atoms with E-state index in [1.807, 2.05) is 81.9 Å². The Bertz CT molecular complexity index is 1870. The van der Waals surface area contributed by atoms with E-state index in [-0.39, 0.29) is 17.8 Å². The molecule has 0 aliphatic rings. The number of benzene rings is 4. The van der Waals surface area contributed by atoms with Gasteiger partial charge in [-0.05, 0) is 62.9 Å². The van der Waals surface area contributed by atoms with Crippen molar-refractivity contribution in [1.29, 1.82) is 0 Å². The molecule has 0 saturated carbocycles. The van der Waals surface area contributed by atoms with Crippen molar-refractivity contribution in [3.8, 4) is 0 Å². The first-order chi connectivity index (χ1) is 20.4. The molecule has 0 fully saturated rings. The van der Waals surface area contributed by atoms with Gasteiger partial charge in [0.2, 0.25) is 0 Å². The Morgan fingerprint density at radius 2 is 1.36 bits per heavy atom. The lowest BCUT2D eigenvalue weighted by molar-refractivity contribution is 0.438. The quantitative estimate of drug-likeness (QED) is 0.182. The number of rotatable bonds is 9. The van der Waals surface area contributed by atoms with Gasteiger partial charge in [0.1, 0.15) is 5.82 Å². The number of hydrogen-bond acceptors (Lipinski definition) is 3. The first kappa shape index (κ1) is 27.5. The van der Waals surface area contributed by atoms with Gasteiger partial charge in [-0.25, -0.2) is 14.8 Å². The molecular formula is C36H37N5O. The molecule has 0 aliphatic carbocycles. The minimum Gasteiger partial charge on any atom is -0.340 e. The Balaban J connectivity index is 1.47. The average molecular weight is 556 g/mol. The van der Waals surface area contributed by atoms with Gasteiger partial charge in [0.25, 0.3) is 0 Å². The van der Waals surface area contributed by atoms with Crippen LogP contribution in [0.1, 0.15) is 69.6 Å². The monoisotopic (exact) mass is 555 g/mol. The summed E-state index contributed by atoms with van der Waals surface area (Å²) in [6.07, 6.45) is 1.78. The maximum atomic E-state index is 13.9. The number of imidazole rings is 2. The standard InChI is InChI=1S/C36H37N5O/c1-24(2)19-22-33(41-32-18-12-11-17-31(32)40(25(3)4)36(41)42)35-38-29-21-20-28(23-30(29)39-35)37-34(26-13-7-5-8-14-26)27-15-9-6-10-16-27/h5-18,20-21,23-25,33H,19,22H2,1-4H3,(H,38,39). The van der Waals surface area contributed by atoms with Gasteiger partial charge in [-0.1, -0.05) is 86.6 Å². The minimum atomic E-state index is -0.214. The molecule has 1 unspecified atom stereocenters. The van der Waals surface area contributed by atoms with E-state index in [4.69, 9.17) is 9.98 Å². The summed E-state index contributed by atoms with van der Waals surface area (Å²) < 4.78 is 3.83. The summed E-state index contributed by atoms with van der Waals surface area (Å²) in [7, 11) is 0. The molecule has 2 aromatic heterocycles. The summed E-state index contributed by atoms with van der Waals surface area (Å²) in [5.74, 6) is 1.30. The van der Waals surface area contributed by atoms with Crippen LogP contribution >= 0.6 is 0 Å². The van der Waals surface area contributed by atoms with Gasteiger partial charge in [-0.3, -0.25) is 9.13 Å². The molecule has 1 N–H and O–H groups in total. The van der Waals surface area contributed by atoms with E-state index in [0.717, 1.165) is 63.3 Å². The van der Waals surface area contributed by atoms with Crippen LogP contribution in [0, 0.1) is 5.92 Å². The zero-order chi connectivity index (χ0) is 29.2. The number of hydrogen-bond donors (Lipinski definition) is 1. The van der Waals surface area contributed by atoms with E-state index in [1.54, 1.807) is 0 Å². The van der Waals surface area contributed by atoms with E-state index < -0.39 is 0 Å². The number of para-hydroxylation sites is 2. The molecule has 0 amide bonds. The molecule has 6 nitrogen and oxygen atoms in total. The van der Waals surface area contributed by atoms with Gasteiger partial charge in [0.15, 0.2) is 0 Å². The van der Waals surface area contributed by atoms with Crippen LogP contribution in [0.3, 0.4) is 0 Å². The highest BCUT2D eigenvalue weighted by Crippen LogP contribution is 2.30. The molecule has 1 atom stereocenters. The molecule has 6 rings (SSSR count). The van der Waals surface area contributed by atoms with E-state index in [9.17, 15) is 4.79 Å². The highest BCUT2D eigenvalue weighted by Gasteiger charge is 2.25. The Labute approximate surface area is 246 Å². The number of nitrogens with zero attached hydrogens (tertiary/aromatic N) is 4. The Kier molecular flexibility index (Phi) is 7.62. The van der Waals surface area contributed by atoms with E-state index in [2.05, 4.69) is 63.0 Å². The summed E-state index contributed by atoms with van der Waals surface area (Å²) in [6.45, 7) is 8.56. The molecule has 0 radical (unpaired) electrons. The van der Waals surface area contributed by atoms with E-state index in [1.165, 1.54) is 0 Å². The molecule has 42 heavy (non-hydrogen) atoms. The maximum Gasteiger partial charge on any atom is 0.330 e. The highest BCUT2D eigenvalue weighted by molar-refractivity contribution is 6.14. The Morgan fingerprint density at radius 3 is 1.95 bits per heavy atom. The summed E-state index contributed by atoms with van der Waals surface area (Å²) in [5, 5.41) is 0. The molecule has 0 saturated heterocycles. The van der Waals surface area contributed by atoms with Crippen LogP contribution in [0.2, 0.25) is 0 Å². The van der Waals surface area contributed by atoms with Crippen LogP contribution in [0.25, 0.3) is 22.1 Å². The van der Waals surface area contributed by atoms with Crippen molar-refractivity contribution < 1.29 is 0 Å². The largest absolute Gasteiger partial charge is 0.340 e. The van der Waals surface area contributed by atoms with Gasteiger partial charge < -0.3 is 4.98 Å². The average Bonchev–Trinajstić information content (AvgIpc) is 3.55. The molecular weight excluding hydrogens is 518 g/mol. The number of fused-ring (bicyclic) bond motifs is 2. The molecule has 212 valence electrons. The van der Waals surface area contributed by atoms with Crippen LogP contribution < -0.4 is 5.69 Å². The van der Waals surface area contributed by atoms with Crippen molar-refractivity contribution in [2.45, 2.75) is 52.6 Å². The summed E-state index contributed by atoms with van der Waals surface area (Å²) in [6, 6.07) is 34.5. The van der Waals surface area contributed by atoms with Crippen molar-refractivity contribution in [1.82, 2.24) is 19.1 Å². The molecule has 6 aromatic rings. The first-order valence-electron chi connectivity index (χ1n) is 14.8. The molecule has 4 aromatic carbocycles. The van der Waals surface area contributed by atoms with Crippen LogP contribution in [-0.4, -0.2) is 24.8 Å². The third-order valence-corrected chi connectivity index (χ3v) is 7.79. The zero-order valence-electron chi connectivity index (χ0n) is 24.7. The fourth-order valence-corrected chi connectivity index (χ4v) is 5.73. The summed E-state index contributed by atoms with van der Waals surface area (Å²) in [4.78, 5) is 27.7. The third kappa shape index (κ3) is 5.32. The number of aliphatic imine (C=N–C) groups is 1. The number of aromatic nitrogens is 4. The number of H-pyrrole nitrogens is 1. The highest BCUT2D eigenvalue weighted by atomic mass is 16.1. The van der Waals surface area contributed by atoms with Gasteiger partial charge >= 0.3 is 5.69 Å². The molecule has 0 spiro atoms. The smallest absolute Gasteiger partial charge is 0.330 e. The lowest BCUT2D eigenvalue weighted by Crippen LogP contribution is -2.29. The molecule has 2 heterocycles. The second-order valence-electron chi connectivity index (χ2n) is 11.6. The van der Waals surface area contributed by atoms with Crippen molar-refractivity contribution in [2.24, 2.45) is 10.9 Å². The number of nitrogens with one attached hydrogen (secondary N) is 1. The van der Waals surface area contributed by atoms with Crippen LogP contribution in [0.4, 0.5) is 5.69 Å². The maximum absolute atomic E-state index is 13.9. The Hall–Kier alpha value is -4.71. The molecule has 6 heteroatoms. The normalized spacial score (nSPS) is 12.4. The lowest BCUT2D eigenvalue weighted by Gasteiger charge is -2.18. The second kappa shape index (κ2) is 11.6. The van der Waals surface area contributed by atoms with Gasteiger partial charge in [0, 0.05) is 17.2 Å². The van der Waals surface area contributed by atoms with Crippen molar-refractivity contribution in [3.63, 3.8) is 0 Å². The van der Waals surface area contributed by atoms with Gasteiger partial charge in [0.05, 0.1) is 39.5 Å². The predicted octanol–water partition coefficient (Wildman–Crippen LogP) is 8.45. The topological polar surface area (TPSA) is 68.0 Å². The SMILES string of the molecule is CC(C)CCC(c1nc2ccc(N=C(c3ccccc3)c3ccccc3)cc2[nH]1)n1c(=O)n(C(C)C)c2ccccc21. The first-order valence-corrected chi connectivity index (χ1v) is 14.8. The summed E-state index contributed by atoms with van der Waals surface area (Å²) >= 11 is 0. The molecule has 0 aliphatic heterocycles. The number of aromatic amines is 1. The summed E-state index contributed by atoms with van der Waals surface area (Å²) in [5.41, 5.74) is 7.53. The fourth-order valence-electron chi connectivity index (χ4n) is 5.73. The van der Waals surface area contributed by atoms with Crippen molar-refractivity contribution >= 4 is 33.5 Å². The van der Waals surface area contributed by atoms with Gasteiger partial charge in [-0.15, -0.1) is 0 Å². The van der Waals surface area contributed by atoms with Crippen LogP contribution in [0.5, 0.6) is 0 Å². The minimum absolute atomic E-state index is 0.000986. The Morgan fingerprint density at radius 1 is 0.762 bits per heavy atom. The zero-order valence-corrected chi connectivity index (χ0v) is 24.7. The van der Waals surface area contributed by atoms with Crippen LogP contribution in [-0.2, 0) is 0 Å². The van der Waals surface area contributed by atoms with Crippen molar-refractivity contribution in [3.05, 3.63) is 131 Å². The van der Waals surface area contributed by atoms with Gasteiger partial charge in [-0.2, -0.15) is 0 Å². The third-order valence-electron chi connectivity index (χ3n) is 7.79. The fraction of sp³-hybridized carbons (Fsp3) is 0.250. The van der Waals surface area contributed by atoms with E-state index in [0.29, 0.717) is 5.92 Å².